The summed E-state index contributed by atoms with van der Waals surface area (Å²) in [4.78, 5) is 4.54. The molecule has 17 heavy (non-hydrogen) atoms. The third kappa shape index (κ3) is 2.00. The fourth-order valence-electron chi connectivity index (χ4n) is 2.02. The molecule has 2 aromatic rings. The van der Waals surface area contributed by atoms with Crippen molar-refractivity contribution in [2.45, 2.75) is 24.8 Å². The zero-order valence-corrected chi connectivity index (χ0v) is 10.1. The fraction of sp³-hybridized carbons (Fsp3) is 0.333. The second-order valence-electron chi connectivity index (χ2n) is 4.29. The molecule has 0 radical (unpaired) electrons. The molecule has 0 amide bonds. The Morgan fingerprint density at radius 2 is 2.06 bits per heavy atom. The molecule has 1 aromatic heterocycles. The molecular weight excluding hydrogens is 236 g/mol. The van der Waals surface area contributed by atoms with Gasteiger partial charge in [0.05, 0.1) is 11.9 Å². The van der Waals surface area contributed by atoms with Gasteiger partial charge < -0.3 is 5.73 Å². The molecule has 0 saturated heterocycles. The van der Waals surface area contributed by atoms with Crippen LogP contribution in [-0.4, -0.2) is 20.1 Å². The van der Waals surface area contributed by atoms with Crippen LogP contribution in [0, 0.1) is 0 Å². The van der Waals surface area contributed by atoms with Crippen LogP contribution < -0.4 is 5.73 Å². The Labute approximate surface area is 104 Å². The molecule has 0 saturated carbocycles. The van der Waals surface area contributed by atoms with Gasteiger partial charge in [0, 0.05) is 17.7 Å². The molecule has 1 aromatic carbocycles. The lowest BCUT2D eigenvalue weighted by molar-refractivity contribution is 0.486. The zero-order chi connectivity index (χ0) is 11.8. The van der Waals surface area contributed by atoms with Crippen molar-refractivity contribution in [1.29, 1.82) is 0 Å². The van der Waals surface area contributed by atoms with Crippen molar-refractivity contribution in [3.63, 3.8) is 0 Å². The van der Waals surface area contributed by atoms with E-state index < -0.39 is 0 Å². The molecule has 0 spiro atoms. The molecular formula is C12H13ClN4. The highest BCUT2D eigenvalue weighted by Gasteiger charge is 2.20. The van der Waals surface area contributed by atoms with Gasteiger partial charge in [0.1, 0.15) is 5.82 Å². The van der Waals surface area contributed by atoms with Crippen LogP contribution >= 0.6 is 11.6 Å². The average Bonchev–Trinajstić information content (AvgIpc) is 2.72. The maximum atomic E-state index is 6.12. The first-order valence-electron chi connectivity index (χ1n) is 5.66. The first kappa shape index (κ1) is 10.6. The molecule has 0 bridgehead atoms. The predicted octanol–water partition coefficient (Wildman–Crippen LogP) is 2.08. The lowest BCUT2D eigenvalue weighted by Crippen LogP contribution is -2.21. The number of hydrogen-bond donors (Lipinski definition) is 1. The van der Waals surface area contributed by atoms with Crippen molar-refractivity contribution in [1.82, 2.24) is 14.8 Å². The maximum Gasteiger partial charge on any atom is 0.181 e. The summed E-state index contributed by atoms with van der Waals surface area (Å²) in [7, 11) is 0. The lowest BCUT2D eigenvalue weighted by Gasteiger charge is -2.15. The highest BCUT2D eigenvalue weighted by Crippen LogP contribution is 2.22. The van der Waals surface area contributed by atoms with Gasteiger partial charge in [0.2, 0.25) is 0 Å². The van der Waals surface area contributed by atoms with Gasteiger partial charge >= 0.3 is 0 Å². The van der Waals surface area contributed by atoms with Gasteiger partial charge in [-0.2, -0.15) is 5.10 Å². The number of hydrogen-bond acceptors (Lipinski definition) is 3. The Hall–Kier alpha value is -1.55. The highest BCUT2D eigenvalue weighted by molar-refractivity contribution is 6.20. The summed E-state index contributed by atoms with van der Waals surface area (Å²) < 4.78 is 1.91. The number of aryl methyl sites for hydroxylation is 1. The molecule has 1 atom stereocenters. The number of aromatic nitrogens is 3. The minimum absolute atomic E-state index is 0.170. The van der Waals surface area contributed by atoms with Crippen LogP contribution in [0.15, 0.2) is 24.3 Å². The van der Waals surface area contributed by atoms with E-state index in [9.17, 15) is 0 Å². The Bertz CT molecular complexity index is 532. The van der Waals surface area contributed by atoms with Crippen LogP contribution in [-0.2, 0) is 13.0 Å². The number of benzene rings is 1. The largest absolute Gasteiger partial charge is 0.399 e. The second-order valence-corrected chi connectivity index (χ2v) is 4.91. The lowest BCUT2D eigenvalue weighted by atomic mass is 10.2. The van der Waals surface area contributed by atoms with E-state index in [0.29, 0.717) is 0 Å². The number of nitrogens with zero attached hydrogens (tertiary/aromatic N) is 3. The van der Waals surface area contributed by atoms with Crippen molar-refractivity contribution in [3.8, 4) is 11.4 Å². The van der Waals surface area contributed by atoms with E-state index >= 15 is 0 Å². The summed E-state index contributed by atoms with van der Waals surface area (Å²) in [6.45, 7) is 0.749. The Kier molecular flexibility index (Phi) is 2.52. The van der Waals surface area contributed by atoms with Crippen LogP contribution in [0.5, 0.6) is 0 Å². The molecule has 2 heterocycles. The summed E-state index contributed by atoms with van der Waals surface area (Å²) in [5, 5.41) is 4.65. The topological polar surface area (TPSA) is 56.7 Å². The van der Waals surface area contributed by atoms with Crippen molar-refractivity contribution in [2.75, 3.05) is 5.73 Å². The SMILES string of the molecule is Nc1ccc(-c2nc3n(n2)CC(Cl)CC3)cc1. The van der Waals surface area contributed by atoms with E-state index in [4.69, 9.17) is 17.3 Å². The number of rotatable bonds is 1. The number of alkyl halides is 1. The summed E-state index contributed by atoms with van der Waals surface area (Å²) >= 11 is 6.12. The molecule has 5 heteroatoms. The van der Waals surface area contributed by atoms with E-state index in [1.807, 2.05) is 28.9 Å². The monoisotopic (exact) mass is 248 g/mol. The molecule has 2 N–H and O–H groups in total. The summed E-state index contributed by atoms with van der Waals surface area (Å²) in [6, 6.07) is 7.60. The van der Waals surface area contributed by atoms with Gasteiger partial charge in [0.25, 0.3) is 0 Å². The quantitative estimate of drug-likeness (QED) is 0.621. The smallest absolute Gasteiger partial charge is 0.181 e. The van der Waals surface area contributed by atoms with Gasteiger partial charge in [-0.05, 0) is 30.7 Å². The molecule has 0 fully saturated rings. The number of nitrogens with two attached hydrogens (primary N) is 1. The van der Waals surface area contributed by atoms with Crippen LogP contribution in [0.1, 0.15) is 12.2 Å². The highest BCUT2D eigenvalue weighted by atomic mass is 35.5. The zero-order valence-electron chi connectivity index (χ0n) is 9.31. The Morgan fingerprint density at radius 3 is 2.82 bits per heavy atom. The summed E-state index contributed by atoms with van der Waals surface area (Å²) in [6.07, 6.45) is 1.87. The molecule has 88 valence electrons. The third-order valence-corrected chi connectivity index (χ3v) is 3.33. The van der Waals surface area contributed by atoms with Crippen LogP contribution in [0.25, 0.3) is 11.4 Å². The number of nitrogen functional groups attached to an aromatic ring is 1. The Morgan fingerprint density at radius 1 is 1.29 bits per heavy atom. The molecule has 4 nitrogen and oxygen atoms in total. The van der Waals surface area contributed by atoms with Gasteiger partial charge in [0.15, 0.2) is 5.82 Å². The van der Waals surface area contributed by atoms with E-state index in [0.717, 1.165) is 42.3 Å². The minimum atomic E-state index is 0.170. The van der Waals surface area contributed by atoms with E-state index in [1.54, 1.807) is 0 Å². The van der Waals surface area contributed by atoms with Crippen LogP contribution in [0.4, 0.5) is 5.69 Å². The van der Waals surface area contributed by atoms with Crippen molar-refractivity contribution in [3.05, 3.63) is 30.1 Å². The van der Waals surface area contributed by atoms with Gasteiger partial charge in [-0.15, -0.1) is 11.6 Å². The van der Waals surface area contributed by atoms with Crippen LogP contribution in [0.3, 0.4) is 0 Å². The van der Waals surface area contributed by atoms with Crippen molar-refractivity contribution < 1.29 is 0 Å². The summed E-state index contributed by atoms with van der Waals surface area (Å²) in [5.74, 6) is 1.78. The number of anilines is 1. The predicted molar refractivity (Wildman–Crippen MR) is 67.8 cm³/mol. The first-order chi connectivity index (χ1) is 8.22. The number of halogens is 1. The minimum Gasteiger partial charge on any atom is -0.399 e. The van der Waals surface area contributed by atoms with Gasteiger partial charge in [-0.25, -0.2) is 9.67 Å². The first-order valence-corrected chi connectivity index (χ1v) is 6.10. The van der Waals surface area contributed by atoms with E-state index in [1.165, 1.54) is 0 Å². The molecule has 3 rings (SSSR count). The molecule has 1 unspecified atom stereocenters. The van der Waals surface area contributed by atoms with E-state index in [-0.39, 0.29) is 5.38 Å². The standard InChI is InChI=1S/C12H13ClN4/c13-9-3-6-11-15-12(16-17(11)7-9)8-1-4-10(14)5-2-8/h1-2,4-5,9H,3,6-7,14H2. The van der Waals surface area contributed by atoms with Crippen LogP contribution in [0.2, 0.25) is 0 Å². The van der Waals surface area contributed by atoms with E-state index in [2.05, 4.69) is 10.1 Å². The average molecular weight is 249 g/mol. The van der Waals surface area contributed by atoms with Gasteiger partial charge in [-0.3, -0.25) is 0 Å². The molecule has 1 aliphatic heterocycles. The third-order valence-electron chi connectivity index (χ3n) is 2.97. The van der Waals surface area contributed by atoms with Crippen molar-refractivity contribution >= 4 is 17.3 Å². The van der Waals surface area contributed by atoms with Gasteiger partial charge in [-0.1, -0.05) is 0 Å². The fourth-order valence-corrected chi connectivity index (χ4v) is 2.26. The second kappa shape index (κ2) is 4.04. The van der Waals surface area contributed by atoms with Crippen molar-refractivity contribution in [2.24, 2.45) is 0 Å². The summed E-state index contributed by atoms with van der Waals surface area (Å²) in [5.41, 5.74) is 7.40. The molecule has 1 aliphatic rings. The molecule has 0 aliphatic carbocycles. The number of fused-ring (bicyclic) bond motifs is 1. The maximum absolute atomic E-state index is 6.12. The Balaban J connectivity index is 1.97. The normalized spacial score (nSPS) is 19.0.